The van der Waals surface area contributed by atoms with E-state index >= 15 is 0 Å². The third-order valence-electron chi connectivity index (χ3n) is 13.5. The molecule has 0 N–H and O–H groups in total. The minimum atomic E-state index is -0.316. The van der Waals surface area contributed by atoms with E-state index in [-0.39, 0.29) is 36.3 Å². The van der Waals surface area contributed by atoms with Gasteiger partial charge in [0.2, 0.25) is 0 Å². The summed E-state index contributed by atoms with van der Waals surface area (Å²) in [5.41, 5.74) is 4.50. The van der Waals surface area contributed by atoms with Gasteiger partial charge in [0.15, 0.2) is 0 Å². The fourth-order valence-corrected chi connectivity index (χ4v) is 10.9. The zero-order valence-electron chi connectivity index (χ0n) is 30.3. The Labute approximate surface area is 290 Å². The summed E-state index contributed by atoms with van der Waals surface area (Å²) < 4.78 is 11.5. The Kier molecular flexibility index (Phi) is 10.9. The molecule has 48 heavy (non-hydrogen) atoms. The van der Waals surface area contributed by atoms with Crippen LogP contribution in [0, 0.1) is 46.3 Å². The molecule has 1 unspecified atom stereocenters. The molecule has 0 spiro atoms. The van der Waals surface area contributed by atoms with Gasteiger partial charge in [0.1, 0.15) is 11.9 Å². The van der Waals surface area contributed by atoms with Gasteiger partial charge in [0, 0.05) is 19.3 Å². The van der Waals surface area contributed by atoms with Gasteiger partial charge in [-0.2, -0.15) is 0 Å². The number of carbonyl (C=O) groups excluding carboxylic acids is 2. The van der Waals surface area contributed by atoms with Crippen molar-refractivity contribution >= 4 is 11.9 Å². The standard InChI is InChI=1S/C44H60O4/c1-30(2)11-9-12-31(3)38-23-24-39-37-22-19-34-29-36(25-27-43(34,4)40(37)26-28-44(38,39)5)48-42(46)16-10-15-41(45)47-35-20-17-33(18-21-35)32-13-7-6-8-14-32/h6-8,13-14,17-21,30-31,36-40H,9-12,15-16,22-29H2,1-5H3/t31-,36?,37+,38-,39+,40+,43+,44-/m1/s1. The van der Waals surface area contributed by atoms with Gasteiger partial charge in [-0.05, 0) is 121 Å². The predicted octanol–water partition coefficient (Wildman–Crippen LogP) is 11.4. The third kappa shape index (κ3) is 7.48. The summed E-state index contributed by atoms with van der Waals surface area (Å²) in [5, 5.41) is 0. The number of fused-ring (bicyclic) bond motifs is 5. The normalized spacial score (nSPS) is 31.6. The molecule has 0 amide bonds. The van der Waals surface area contributed by atoms with Crippen molar-refractivity contribution in [2.24, 2.45) is 46.3 Å². The summed E-state index contributed by atoms with van der Waals surface area (Å²) in [6.07, 6.45) is 17.3. The Hall–Kier alpha value is -2.88. The maximum Gasteiger partial charge on any atom is 0.311 e. The van der Waals surface area contributed by atoms with E-state index in [1.165, 1.54) is 51.4 Å². The summed E-state index contributed by atoms with van der Waals surface area (Å²) in [6.45, 7) is 12.5. The van der Waals surface area contributed by atoms with E-state index in [9.17, 15) is 9.59 Å². The first kappa shape index (κ1) is 35.0. The SMILES string of the molecule is CC(C)CCC[C@@H](C)[C@H]1CC[C@H]2[C@@H]3CC=C4CC(OC(=O)CCCC(=O)Oc5ccc(-c6ccccc6)cc5)CC[C@]4(C)[C@H]3CC[C@]12C. The minimum absolute atomic E-state index is 0.0418. The molecule has 4 heteroatoms. The molecule has 6 rings (SSSR count). The highest BCUT2D eigenvalue weighted by atomic mass is 16.5. The zero-order chi connectivity index (χ0) is 33.9. The van der Waals surface area contributed by atoms with Crippen molar-refractivity contribution in [1.82, 2.24) is 0 Å². The molecular weight excluding hydrogens is 592 g/mol. The monoisotopic (exact) mass is 652 g/mol. The second-order valence-corrected chi connectivity index (χ2v) is 16.9. The maximum atomic E-state index is 12.8. The highest BCUT2D eigenvalue weighted by Gasteiger charge is 2.59. The van der Waals surface area contributed by atoms with Gasteiger partial charge in [-0.1, -0.05) is 108 Å². The fraction of sp³-hybridized carbons (Fsp3) is 0.636. The van der Waals surface area contributed by atoms with E-state index in [0.29, 0.717) is 17.6 Å². The number of hydrogen-bond donors (Lipinski definition) is 0. The molecule has 3 saturated carbocycles. The first-order valence-corrected chi connectivity index (χ1v) is 19.3. The third-order valence-corrected chi connectivity index (χ3v) is 13.5. The van der Waals surface area contributed by atoms with Crippen molar-refractivity contribution in [3.63, 3.8) is 0 Å². The number of ether oxygens (including phenoxy) is 2. The van der Waals surface area contributed by atoms with Crippen molar-refractivity contribution < 1.29 is 19.1 Å². The van der Waals surface area contributed by atoms with Crippen LogP contribution >= 0.6 is 0 Å². The number of benzene rings is 2. The van der Waals surface area contributed by atoms with Gasteiger partial charge in [-0.3, -0.25) is 9.59 Å². The molecule has 0 bridgehead atoms. The van der Waals surface area contributed by atoms with Crippen LogP contribution in [0.5, 0.6) is 5.75 Å². The molecular formula is C44H60O4. The molecule has 8 atom stereocenters. The van der Waals surface area contributed by atoms with E-state index in [1.807, 2.05) is 42.5 Å². The molecule has 3 fully saturated rings. The van der Waals surface area contributed by atoms with Gasteiger partial charge >= 0.3 is 11.9 Å². The van der Waals surface area contributed by atoms with Crippen LogP contribution in [-0.2, 0) is 14.3 Å². The lowest BCUT2D eigenvalue weighted by molar-refractivity contribution is -0.151. The maximum absolute atomic E-state index is 12.8. The van der Waals surface area contributed by atoms with Gasteiger partial charge in [-0.15, -0.1) is 0 Å². The van der Waals surface area contributed by atoms with E-state index in [2.05, 4.69) is 52.8 Å². The van der Waals surface area contributed by atoms with Gasteiger partial charge in [0.25, 0.3) is 0 Å². The highest BCUT2D eigenvalue weighted by Crippen LogP contribution is 2.67. The van der Waals surface area contributed by atoms with Crippen LogP contribution in [0.4, 0.5) is 0 Å². The number of carbonyl (C=O) groups is 2. The highest BCUT2D eigenvalue weighted by molar-refractivity contribution is 5.74. The summed E-state index contributed by atoms with van der Waals surface area (Å²) in [7, 11) is 0. The van der Waals surface area contributed by atoms with E-state index in [0.717, 1.165) is 65.9 Å². The molecule has 4 nitrogen and oxygen atoms in total. The Morgan fingerprint density at radius 2 is 1.52 bits per heavy atom. The smallest absolute Gasteiger partial charge is 0.311 e. The summed E-state index contributed by atoms with van der Waals surface area (Å²) >= 11 is 0. The molecule has 0 saturated heterocycles. The van der Waals surface area contributed by atoms with Crippen molar-refractivity contribution in [3.8, 4) is 16.9 Å². The Bertz CT molecular complexity index is 1430. The van der Waals surface area contributed by atoms with Crippen LogP contribution < -0.4 is 4.74 Å². The van der Waals surface area contributed by atoms with Crippen molar-refractivity contribution in [2.45, 2.75) is 131 Å². The lowest BCUT2D eigenvalue weighted by atomic mass is 9.47. The van der Waals surface area contributed by atoms with Crippen LogP contribution in [0.3, 0.4) is 0 Å². The van der Waals surface area contributed by atoms with Gasteiger partial charge < -0.3 is 9.47 Å². The van der Waals surface area contributed by atoms with Crippen LogP contribution in [0.2, 0.25) is 0 Å². The van der Waals surface area contributed by atoms with E-state index in [1.54, 1.807) is 5.57 Å². The molecule has 4 aliphatic rings. The fourth-order valence-electron chi connectivity index (χ4n) is 10.9. The van der Waals surface area contributed by atoms with Crippen LogP contribution in [0.15, 0.2) is 66.2 Å². The largest absolute Gasteiger partial charge is 0.462 e. The molecule has 0 heterocycles. The lowest BCUT2D eigenvalue weighted by Crippen LogP contribution is -2.51. The Morgan fingerprint density at radius 1 is 0.792 bits per heavy atom. The summed E-state index contributed by atoms with van der Waals surface area (Å²) in [4.78, 5) is 25.3. The first-order chi connectivity index (χ1) is 23.1. The van der Waals surface area contributed by atoms with Crippen molar-refractivity contribution in [2.75, 3.05) is 0 Å². The number of esters is 2. The molecule has 0 aliphatic heterocycles. The van der Waals surface area contributed by atoms with Crippen LogP contribution in [-0.4, -0.2) is 18.0 Å². The lowest BCUT2D eigenvalue weighted by Gasteiger charge is -2.58. The van der Waals surface area contributed by atoms with Crippen LogP contribution in [0.25, 0.3) is 11.1 Å². The molecule has 2 aromatic rings. The topological polar surface area (TPSA) is 52.6 Å². The number of hydrogen-bond acceptors (Lipinski definition) is 4. The van der Waals surface area contributed by atoms with E-state index in [4.69, 9.17) is 9.47 Å². The molecule has 2 aromatic carbocycles. The quantitative estimate of drug-likeness (QED) is 0.130. The van der Waals surface area contributed by atoms with Crippen molar-refractivity contribution in [1.29, 1.82) is 0 Å². The van der Waals surface area contributed by atoms with Gasteiger partial charge in [-0.25, -0.2) is 0 Å². The minimum Gasteiger partial charge on any atom is -0.462 e. The summed E-state index contributed by atoms with van der Waals surface area (Å²) in [5.74, 6) is 5.00. The second kappa shape index (κ2) is 14.9. The first-order valence-electron chi connectivity index (χ1n) is 19.3. The molecule has 0 aromatic heterocycles. The van der Waals surface area contributed by atoms with Gasteiger partial charge in [0.05, 0.1) is 0 Å². The average molecular weight is 653 g/mol. The Morgan fingerprint density at radius 3 is 2.27 bits per heavy atom. The molecule has 260 valence electrons. The number of rotatable bonds is 12. The predicted molar refractivity (Wildman–Crippen MR) is 194 cm³/mol. The second-order valence-electron chi connectivity index (χ2n) is 16.9. The molecule has 0 radical (unpaired) electrons. The Balaban J connectivity index is 0.958. The van der Waals surface area contributed by atoms with E-state index < -0.39 is 0 Å². The number of allylic oxidation sites excluding steroid dienone is 1. The van der Waals surface area contributed by atoms with Crippen molar-refractivity contribution in [3.05, 3.63) is 66.2 Å². The average Bonchev–Trinajstić information content (AvgIpc) is 3.43. The zero-order valence-corrected chi connectivity index (χ0v) is 30.3. The molecule has 4 aliphatic carbocycles. The summed E-state index contributed by atoms with van der Waals surface area (Å²) in [6, 6.07) is 17.7. The van der Waals surface area contributed by atoms with Crippen LogP contribution in [0.1, 0.15) is 125 Å².